The minimum Gasteiger partial charge on any atom is -0.324 e. The average Bonchev–Trinajstić information content (AvgIpc) is 2.92. The molecule has 0 unspecified atom stereocenters. The fourth-order valence-electron chi connectivity index (χ4n) is 3.15. The van der Waals surface area contributed by atoms with Crippen molar-refractivity contribution in [2.75, 3.05) is 18.4 Å². The van der Waals surface area contributed by atoms with E-state index < -0.39 is 30.3 Å². The molecule has 0 bridgehead atoms. The van der Waals surface area contributed by atoms with Crippen LogP contribution in [0.2, 0.25) is 0 Å². The van der Waals surface area contributed by atoms with E-state index in [9.17, 15) is 19.2 Å². The van der Waals surface area contributed by atoms with E-state index in [1.54, 1.807) is 12.1 Å². The summed E-state index contributed by atoms with van der Waals surface area (Å²) in [7, 11) is 0. The fourth-order valence-corrected chi connectivity index (χ4v) is 3.15. The van der Waals surface area contributed by atoms with Gasteiger partial charge in [0.1, 0.15) is 6.54 Å². The molecular formula is C22H23N3O4. The van der Waals surface area contributed by atoms with Gasteiger partial charge in [0.15, 0.2) is 0 Å². The number of para-hydroxylation sites is 1. The summed E-state index contributed by atoms with van der Waals surface area (Å²) in [5.41, 5.74) is 2.61. The van der Waals surface area contributed by atoms with Crippen molar-refractivity contribution in [3.05, 3.63) is 65.7 Å². The Morgan fingerprint density at radius 1 is 0.897 bits per heavy atom. The Hall–Kier alpha value is -3.48. The number of imide groups is 2. The third kappa shape index (κ3) is 4.68. The number of unbranched alkanes of at least 4 members (excludes halogenated alkanes) is 1. The lowest BCUT2D eigenvalue weighted by atomic mass is 10.0. The first-order valence-electron chi connectivity index (χ1n) is 9.60. The normalized spacial score (nSPS) is 13.9. The highest BCUT2D eigenvalue weighted by atomic mass is 16.2. The summed E-state index contributed by atoms with van der Waals surface area (Å²) in [6, 6.07) is 16.4. The quantitative estimate of drug-likeness (QED) is 0.552. The molecule has 7 nitrogen and oxygen atoms in total. The molecule has 0 spiro atoms. The maximum absolute atomic E-state index is 12.5. The van der Waals surface area contributed by atoms with Gasteiger partial charge in [-0.3, -0.25) is 19.3 Å². The number of nitrogens with zero attached hydrogens (tertiary/aromatic N) is 2. The summed E-state index contributed by atoms with van der Waals surface area (Å²) in [6.45, 7) is 1.61. The molecule has 7 heteroatoms. The maximum atomic E-state index is 12.5. The van der Waals surface area contributed by atoms with Crippen LogP contribution in [0, 0.1) is 0 Å². The van der Waals surface area contributed by atoms with Gasteiger partial charge < -0.3 is 5.32 Å². The van der Waals surface area contributed by atoms with Gasteiger partial charge in [-0.05, 0) is 30.0 Å². The Morgan fingerprint density at radius 3 is 2.28 bits per heavy atom. The molecular weight excluding hydrogens is 370 g/mol. The Bertz CT molecular complexity index is 927. The van der Waals surface area contributed by atoms with Crippen molar-refractivity contribution in [2.24, 2.45) is 0 Å². The van der Waals surface area contributed by atoms with Crippen LogP contribution in [0.4, 0.5) is 10.5 Å². The van der Waals surface area contributed by atoms with Gasteiger partial charge >= 0.3 is 17.8 Å². The number of carbonyl (C=O) groups is 4. The molecule has 0 aromatic heterocycles. The zero-order chi connectivity index (χ0) is 20.8. The lowest BCUT2D eigenvalue weighted by molar-refractivity contribution is -0.143. The van der Waals surface area contributed by atoms with Gasteiger partial charge in [0.25, 0.3) is 0 Å². The smallest absolute Gasteiger partial charge is 0.324 e. The van der Waals surface area contributed by atoms with Crippen LogP contribution in [0.1, 0.15) is 30.9 Å². The van der Waals surface area contributed by atoms with Crippen molar-refractivity contribution in [2.45, 2.75) is 26.2 Å². The third-order valence-electron chi connectivity index (χ3n) is 4.70. The number of amides is 5. The molecule has 1 N–H and O–H groups in total. The first-order valence-corrected chi connectivity index (χ1v) is 9.60. The topological polar surface area (TPSA) is 86.8 Å². The summed E-state index contributed by atoms with van der Waals surface area (Å²) in [5.74, 6) is -2.36. The monoisotopic (exact) mass is 393 g/mol. The van der Waals surface area contributed by atoms with Crippen LogP contribution >= 0.6 is 0 Å². The SMILES string of the molecule is CCCCN1C(=O)C(=O)N(CC(=O)Nc2ccccc2Cc2ccccc2)C1=O. The fraction of sp³-hybridized carbons (Fsp3) is 0.273. The van der Waals surface area contributed by atoms with E-state index in [0.29, 0.717) is 23.4 Å². The molecule has 1 heterocycles. The van der Waals surface area contributed by atoms with E-state index in [0.717, 1.165) is 22.4 Å². The molecule has 0 radical (unpaired) electrons. The Labute approximate surface area is 169 Å². The van der Waals surface area contributed by atoms with Gasteiger partial charge in [0.2, 0.25) is 5.91 Å². The Balaban J connectivity index is 1.68. The van der Waals surface area contributed by atoms with Crippen LogP contribution in [-0.4, -0.2) is 46.6 Å². The van der Waals surface area contributed by atoms with Crippen LogP contribution in [0.15, 0.2) is 54.6 Å². The Kier molecular flexibility index (Phi) is 6.39. The van der Waals surface area contributed by atoms with Crippen molar-refractivity contribution < 1.29 is 19.2 Å². The molecule has 150 valence electrons. The first-order chi connectivity index (χ1) is 14.0. The number of hydrogen-bond donors (Lipinski definition) is 1. The number of urea groups is 1. The second-order valence-electron chi connectivity index (χ2n) is 6.85. The number of hydrogen-bond acceptors (Lipinski definition) is 4. The number of carbonyl (C=O) groups excluding carboxylic acids is 4. The predicted octanol–water partition coefficient (Wildman–Crippen LogP) is 2.81. The molecule has 0 atom stereocenters. The number of nitrogens with one attached hydrogen (secondary N) is 1. The molecule has 1 fully saturated rings. The van der Waals surface area contributed by atoms with Crippen LogP contribution in [0.3, 0.4) is 0 Å². The highest BCUT2D eigenvalue weighted by Gasteiger charge is 2.44. The van der Waals surface area contributed by atoms with Crippen LogP contribution < -0.4 is 5.32 Å². The third-order valence-corrected chi connectivity index (χ3v) is 4.70. The second-order valence-corrected chi connectivity index (χ2v) is 6.85. The van der Waals surface area contributed by atoms with Gasteiger partial charge in [-0.2, -0.15) is 0 Å². The van der Waals surface area contributed by atoms with E-state index in [-0.39, 0.29) is 6.54 Å². The number of anilines is 1. The molecule has 1 saturated heterocycles. The van der Waals surface area contributed by atoms with E-state index >= 15 is 0 Å². The lowest BCUT2D eigenvalue weighted by Gasteiger charge is -2.16. The minimum absolute atomic E-state index is 0.179. The lowest BCUT2D eigenvalue weighted by Crippen LogP contribution is -2.39. The van der Waals surface area contributed by atoms with Crippen molar-refractivity contribution in [3.63, 3.8) is 0 Å². The average molecular weight is 393 g/mol. The molecule has 2 aromatic carbocycles. The molecule has 1 aliphatic heterocycles. The standard InChI is InChI=1S/C22H23N3O4/c1-2-3-13-24-20(27)21(28)25(22(24)29)15-19(26)23-18-12-8-7-11-17(18)14-16-9-5-4-6-10-16/h4-12H,2-3,13-15H2,1H3,(H,23,26). The zero-order valence-corrected chi connectivity index (χ0v) is 16.3. The predicted molar refractivity (Wildman–Crippen MR) is 108 cm³/mol. The molecule has 0 aliphatic carbocycles. The zero-order valence-electron chi connectivity index (χ0n) is 16.3. The van der Waals surface area contributed by atoms with Gasteiger partial charge in [0, 0.05) is 12.2 Å². The number of benzene rings is 2. The molecule has 29 heavy (non-hydrogen) atoms. The Morgan fingerprint density at radius 2 is 1.55 bits per heavy atom. The van der Waals surface area contributed by atoms with Crippen LogP contribution in [0.25, 0.3) is 0 Å². The van der Waals surface area contributed by atoms with Gasteiger partial charge in [0.05, 0.1) is 0 Å². The van der Waals surface area contributed by atoms with E-state index in [2.05, 4.69) is 5.32 Å². The van der Waals surface area contributed by atoms with Crippen LogP contribution in [-0.2, 0) is 20.8 Å². The maximum Gasteiger partial charge on any atom is 0.334 e. The second kappa shape index (κ2) is 9.14. The summed E-state index contributed by atoms with van der Waals surface area (Å²) in [6.07, 6.45) is 2.02. The van der Waals surface area contributed by atoms with Crippen molar-refractivity contribution in [3.8, 4) is 0 Å². The van der Waals surface area contributed by atoms with Gasteiger partial charge in [-0.1, -0.05) is 61.9 Å². The molecule has 5 amide bonds. The van der Waals surface area contributed by atoms with E-state index in [4.69, 9.17) is 0 Å². The summed E-state index contributed by atoms with van der Waals surface area (Å²) >= 11 is 0. The van der Waals surface area contributed by atoms with E-state index in [1.165, 1.54) is 0 Å². The van der Waals surface area contributed by atoms with Crippen LogP contribution in [0.5, 0.6) is 0 Å². The molecule has 0 saturated carbocycles. The van der Waals surface area contributed by atoms with Gasteiger partial charge in [-0.15, -0.1) is 0 Å². The summed E-state index contributed by atoms with van der Waals surface area (Å²) in [4.78, 5) is 50.6. The van der Waals surface area contributed by atoms with E-state index in [1.807, 2.05) is 49.4 Å². The molecule has 1 aliphatic rings. The van der Waals surface area contributed by atoms with Crippen molar-refractivity contribution >= 4 is 29.4 Å². The largest absolute Gasteiger partial charge is 0.334 e. The van der Waals surface area contributed by atoms with Gasteiger partial charge in [-0.25, -0.2) is 9.69 Å². The number of rotatable bonds is 8. The van der Waals surface area contributed by atoms with Crippen molar-refractivity contribution in [1.82, 2.24) is 9.80 Å². The minimum atomic E-state index is -0.959. The highest BCUT2D eigenvalue weighted by Crippen LogP contribution is 2.20. The highest BCUT2D eigenvalue weighted by molar-refractivity contribution is 6.45. The summed E-state index contributed by atoms with van der Waals surface area (Å²) in [5, 5.41) is 2.76. The summed E-state index contributed by atoms with van der Waals surface area (Å²) < 4.78 is 0. The van der Waals surface area contributed by atoms with Crippen molar-refractivity contribution in [1.29, 1.82) is 0 Å². The molecule has 2 aromatic rings. The first kappa shape index (κ1) is 20.3. The molecule has 3 rings (SSSR count).